The SMILES string of the molecule is COc1cc(/C=C2/SC(=S)N(c3cccc(Br)c3)C2=O)cc(I)c1OCc1ccc(Cl)cc1. The zero-order valence-electron chi connectivity index (χ0n) is 17.2. The molecule has 0 aromatic heterocycles. The predicted octanol–water partition coefficient (Wildman–Crippen LogP) is 7.70. The fourth-order valence-corrected chi connectivity index (χ4v) is 5.75. The van der Waals surface area contributed by atoms with Gasteiger partial charge in [0, 0.05) is 9.50 Å². The Morgan fingerprint density at radius 3 is 2.64 bits per heavy atom. The molecule has 1 aliphatic rings. The van der Waals surface area contributed by atoms with Crippen molar-refractivity contribution in [2.75, 3.05) is 12.0 Å². The van der Waals surface area contributed by atoms with Gasteiger partial charge in [0.1, 0.15) is 6.61 Å². The molecule has 0 bridgehead atoms. The molecule has 1 amide bonds. The van der Waals surface area contributed by atoms with Crippen molar-refractivity contribution in [3.05, 3.63) is 89.8 Å². The molecule has 0 atom stereocenters. The molecule has 0 saturated carbocycles. The van der Waals surface area contributed by atoms with Crippen LogP contribution in [0.5, 0.6) is 11.5 Å². The number of carbonyl (C=O) groups excluding carboxylic acids is 1. The molecule has 4 nitrogen and oxygen atoms in total. The molecule has 3 aromatic carbocycles. The lowest BCUT2D eigenvalue weighted by Gasteiger charge is -2.15. The number of hydrogen-bond acceptors (Lipinski definition) is 5. The number of halogens is 3. The van der Waals surface area contributed by atoms with Crippen molar-refractivity contribution in [3.8, 4) is 11.5 Å². The molecule has 1 saturated heterocycles. The second-order valence-electron chi connectivity index (χ2n) is 6.95. The second kappa shape index (κ2) is 10.8. The highest BCUT2D eigenvalue weighted by Crippen LogP contribution is 2.39. The molecule has 1 heterocycles. The quantitative estimate of drug-likeness (QED) is 0.153. The zero-order valence-corrected chi connectivity index (χ0v) is 23.3. The average Bonchev–Trinajstić information content (AvgIpc) is 3.06. The topological polar surface area (TPSA) is 38.8 Å². The minimum atomic E-state index is -0.153. The lowest BCUT2D eigenvalue weighted by Crippen LogP contribution is -2.27. The third-order valence-electron chi connectivity index (χ3n) is 4.71. The number of benzene rings is 3. The monoisotopic (exact) mass is 671 g/mol. The average molecular weight is 673 g/mol. The summed E-state index contributed by atoms with van der Waals surface area (Å²) in [6, 6.07) is 18.8. The summed E-state index contributed by atoms with van der Waals surface area (Å²) in [6.07, 6.45) is 1.82. The van der Waals surface area contributed by atoms with Gasteiger partial charge in [-0.25, -0.2) is 0 Å². The zero-order chi connectivity index (χ0) is 23.5. The molecular weight excluding hydrogens is 657 g/mol. The van der Waals surface area contributed by atoms with Gasteiger partial charge in [-0.3, -0.25) is 9.69 Å². The van der Waals surface area contributed by atoms with Gasteiger partial charge in [0.25, 0.3) is 5.91 Å². The van der Waals surface area contributed by atoms with Crippen molar-refractivity contribution in [2.45, 2.75) is 6.61 Å². The third-order valence-corrected chi connectivity index (χ3v) is 7.55. The number of amides is 1. The Kier molecular flexibility index (Phi) is 8.01. The van der Waals surface area contributed by atoms with Gasteiger partial charge in [-0.1, -0.05) is 69.7 Å². The van der Waals surface area contributed by atoms with E-state index in [1.54, 1.807) is 12.0 Å². The number of methoxy groups -OCH3 is 1. The van der Waals surface area contributed by atoms with Crippen LogP contribution in [0.3, 0.4) is 0 Å². The lowest BCUT2D eigenvalue weighted by atomic mass is 10.1. The number of ether oxygens (including phenoxy) is 2. The minimum Gasteiger partial charge on any atom is -0.493 e. The summed E-state index contributed by atoms with van der Waals surface area (Å²) in [7, 11) is 1.59. The summed E-state index contributed by atoms with van der Waals surface area (Å²) >= 11 is 18.4. The van der Waals surface area contributed by atoms with Gasteiger partial charge in [0.15, 0.2) is 15.8 Å². The van der Waals surface area contributed by atoms with E-state index in [-0.39, 0.29) is 5.91 Å². The molecule has 0 N–H and O–H groups in total. The highest BCUT2D eigenvalue weighted by molar-refractivity contribution is 14.1. The Labute approximate surface area is 228 Å². The smallest absolute Gasteiger partial charge is 0.270 e. The molecule has 9 heteroatoms. The molecule has 3 aromatic rings. The van der Waals surface area contributed by atoms with Crippen LogP contribution in [0.25, 0.3) is 6.08 Å². The van der Waals surface area contributed by atoms with Crippen molar-refractivity contribution in [1.29, 1.82) is 0 Å². The van der Waals surface area contributed by atoms with Gasteiger partial charge in [-0.2, -0.15) is 0 Å². The standard InChI is InChI=1S/C24H16BrClINO3S2/c1-30-20-10-15(9-19(27)22(20)31-13-14-5-7-17(26)8-6-14)11-21-23(29)28(24(32)33-21)18-4-2-3-16(25)12-18/h2-12H,13H2,1H3/b21-11+. The number of thioether (sulfide) groups is 1. The van der Waals surface area contributed by atoms with E-state index in [1.807, 2.05) is 66.7 Å². The van der Waals surface area contributed by atoms with E-state index in [0.29, 0.717) is 32.4 Å². The number of hydrogen-bond donors (Lipinski definition) is 0. The molecule has 1 aliphatic heterocycles. The molecule has 1 fully saturated rings. The number of thiocarbonyl (C=S) groups is 1. The van der Waals surface area contributed by atoms with Crippen LogP contribution in [0.1, 0.15) is 11.1 Å². The maximum atomic E-state index is 13.1. The molecule has 0 spiro atoms. The van der Waals surface area contributed by atoms with E-state index in [0.717, 1.165) is 24.9 Å². The van der Waals surface area contributed by atoms with E-state index < -0.39 is 0 Å². The Morgan fingerprint density at radius 1 is 1.18 bits per heavy atom. The van der Waals surface area contributed by atoms with Crippen molar-refractivity contribution >= 4 is 96.1 Å². The van der Waals surface area contributed by atoms with Crippen LogP contribution in [0.15, 0.2) is 70.0 Å². The second-order valence-corrected chi connectivity index (χ2v) is 11.1. The van der Waals surface area contributed by atoms with Gasteiger partial charge in [0.05, 0.1) is 21.3 Å². The first-order valence-electron chi connectivity index (χ1n) is 9.64. The lowest BCUT2D eigenvalue weighted by molar-refractivity contribution is -0.113. The molecule has 168 valence electrons. The summed E-state index contributed by atoms with van der Waals surface area (Å²) in [5.74, 6) is 1.08. The van der Waals surface area contributed by atoms with Gasteiger partial charge < -0.3 is 9.47 Å². The first kappa shape index (κ1) is 24.5. The van der Waals surface area contributed by atoms with Crippen LogP contribution >= 0.6 is 74.1 Å². The van der Waals surface area contributed by atoms with Crippen LogP contribution in [0, 0.1) is 3.57 Å². The fourth-order valence-electron chi connectivity index (χ4n) is 3.16. The first-order valence-corrected chi connectivity index (χ1v) is 13.1. The van der Waals surface area contributed by atoms with Gasteiger partial charge in [-0.15, -0.1) is 0 Å². The summed E-state index contributed by atoms with van der Waals surface area (Å²) in [5.41, 5.74) is 2.55. The van der Waals surface area contributed by atoms with E-state index in [1.165, 1.54) is 11.8 Å². The van der Waals surface area contributed by atoms with Crippen LogP contribution in [-0.4, -0.2) is 17.3 Å². The van der Waals surface area contributed by atoms with Gasteiger partial charge in [0.2, 0.25) is 0 Å². The van der Waals surface area contributed by atoms with E-state index in [9.17, 15) is 4.79 Å². The van der Waals surface area contributed by atoms with E-state index in [4.69, 9.17) is 33.3 Å². The van der Waals surface area contributed by atoms with E-state index >= 15 is 0 Å². The summed E-state index contributed by atoms with van der Waals surface area (Å²) in [5, 5.41) is 0.681. The maximum absolute atomic E-state index is 13.1. The molecule has 0 radical (unpaired) electrons. The molecule has 0 unspecified atom stereocenters. The van der Waals surface area contributed by atoms with Crippen molar-refractivity contribution < 1.29 is 14.3 Å². The predicted molar refractivity (Wildman–Crippen MR) is 151 cm³/mol. The fraction of sp³-hybridized carbons (Fsp3) is 0.0833. The largest absolute Gasteiger partial charge is 0.493 e. The Morgan fingerprint density at radius 2 is 1.94 bits per heavy atom. The maximum Gasteiger partial charge on any atom is 0.270 e. The van der Waals surface area contributed by atoms with Crippen LogP contribution in [0.2, 0.25) is 5.02 Å². The van der Waals surface area contributed by atoms with Crippen LogP contribution in [0.4, 0.5) is 5.69 Å². The number of anilines is 1. The van der Waals surface area contributed by atoms with Crippen molar-refractivity contribution in [3.63, 3.8) is 0 Å². The third kappa shape index (κ3) is 5.74. The van der Waals surface area contributed by atoms with Crippen LogP contribution in [-0.2, 0) is 11.4 Å². The molecule has 33 heavy (non-hydrogen) atoms. The summed E-state index contributed by atoms with van der Waals surface area (Å²) in [6.45, 7) is 0.383. The first-order chi connectivity index (χ1) is 15.9. The van der Waals surface area contributed by atoms with E-state index in [2.05, 4.69) is 38.5 Å². The normalized spacial score (nSPS) is 14.8. The number of carbonyl (C=O) groups is 1. The summed E-state index contributed by atoms with van der Waals surface area (Å²) in [4.78, 5) is 15.2. The number of rotatable bonds is 6. The molecular formula is C24H16BrClINO3S2. The van der Waals surface area contributed by atoms with Gasteiger partial charge in [-0.05, 0) is 82.3 Å². The Balaban J connectivity index is 1.58. The number of nitrogens with zero attached hydrogens (tertiary/aromatic N) is 1. The minimum absolute atomic E-state index is 0.153. The Hall–Kier alpha value is -1.59. The highest BCUT2D eigenvalue weighted by Gasteiger charge is 2.33. The highest BCUT2D eigenvalue weighted by atomic mass is 127. The van der Waals surface area contributed by atoms with Crippen molar-refractivity contribution in [1.82, 2.24) is 0 Å². The van der Waals surface area contributed by atoms with Crippen molar-refractivity contribution in [2.24, 2.45) is 0 Å². The molecule has 0 aliphatic carbocycles. The van der Waals surface area contributed by atoms with Gasteiger partial charge >= 0.3 is 0 Å². The summed E-state index contributed by atoms with van der Waals surface area (Å²) < 4.78 is 13.9. The van der Waals surface area contributed by atoms with Crippen LogP contribution < -0.4 is 14.4 Å². The Bertz CT molecular complexity index is 1270. The molecule has 4 rings (SSSR count).